The second kappa shape index (κ2) is 5.62. The summed E-state index contributed by atoms with van der Waals surface area (Å²) in [4.78, 5) is 4.34. The summed E-state index contributed by atoms with van der Waals surface area (Å²) in [5.74, 6) is 0.280. The highest BCUT2D eigenvalue weighted by Crippen LogP contribution is 2.20. The molecule has 2 aromatic heterocycles. The molecule has 2 rings (SSSR count). The first-order valence-electron chi connectivity index (χ1n) is 5.49. The maximum atomic E-state index is 12.4. The molecule has 0 saturated heterocycles. The Balaban J connectivity index is 2.25. The number of nitrogens with zero attached hydrogens (tertiary/aromatic N) is 3. The van der Waals surface area contributed by atoms with Crippen molar-refractivity contribution in [3.8, 4) is 0 Å². The average molecular weight is 320 g/mol. The van der Waals surface area contributed by atoms with Crippen molar-refractivity contribution in [2.24, 2.45) is 7.05 Å². The Bertz CT molecular complexity index is 650. The van der Waals surface area contributed by atoms with E-state index in [1.807, 2.05) is 5.38 Å². The molecule has 0 saturated carbocycles. The molecule has 0 bridgehead atoms. The highest BCUT2D eigenvalue weighted by Gasteiger charge is 2.23. The SMILES string of the molecule is CN(Cc1cscn1)S(=O)(=O)c1cc(CCl)n(C)c1. The normalized spacial score (nSPS) is 12.2. The molecular weight excluding hydrogens is 306 g/mol. The molecule has 0 aromatic carbocycles. The number of sulfonamides is 1. The van der Waals surface area contributed by atoms with Crippen LogP contribution in [0.5, 0.6) is 0 Å². The van der Waals surface area contributed by atoms with Gasteiger partial charge in [-0.15, -0.1) is 22.9 Å². The first-order chi connectivity index (χ1) is 8.95. The summed E-state index contributed by atoms with van der Waals surface area (Å²) in [7, 11) is -0.190. The van der Waals surface area contributed by atoms with Crippen molar-refractivity contribution in [1.29, 1.82) is 0 Å². The Hall–Kier alpha value is -0.890. The maximum Gasteiger partial charge on any atom is 0.244 e. The molecule has 2 heterocycles. The van der Waals surface area contributed by atoms with Crippen LogP contribution in [0.1, 0.15) is 11.4 Å². The van der Waals surface area contributed by atoms with E-state index in [1.165, 1.54) is 15.6 Å². The zero-order valence-corrected chi connectivity index (χ0v) is 13.0. The molecule has 0 radical (unpaired) electrons. The van der Waals surface area contributed by atoms with Gasteiger partial charge in [0.15, 0.2) is 0 Å². The van der Waals surface area contributed by atoms with Gasteiger partial charge in [0.1, 0.15) is 4.90 Å². The van der Waals surface area contributed by atoms with Gasteiger partial charge in [-0.3, -0.25) is 0 Å². The molecule has 0 atom stereocenters. The lowest BCUT2D eigenvalue weighted by Crippen LogP contribution is -2.26. The van der Waals surface area contributed by atoms with Crippen molar-refractivity contribution in [3.63, 3.8) is 0 Å². The lowest BCUT2D eigenvalue weighted by Gasteiger charge is -2.14. The fourth-order valence-corrected chi connectivity index (χ4v) is 3.71. The van der Waals surface area contributed by atoms with Gasteiger partial charge < -0.3 is 4.57 Å². The fraction of sp³-hybridized carbons (Fsp3) is 0.364. The zero-order chi connectivity index (χ0) is 14.0. The third-order valence-electron chi connectivity index (χ3n) is 2.80. The number of alkyl halides is 1. The van der Waals surface area contributed by atoms with Crippen LogP contribution in [0.25, 0.3) is 0 Å². The Kier molecular flexibility index (Phi) is 4.29. The van der Waals surface area contributed by atoms with Gasteiger partial charge in [-0.2, -0.15) is 4.31 Å². The van der Waals surface area contributed by atoms with E-state index in [0.717, 1.165) is 11.4 Å². The summed E-state index contributed by atoms with van der Waals surface area (Å²) in [5.41, 5.74) is 3.19. The zero-order valence-electron chi connectivity index (χ0n) is 10.6. The topological polar surface area (TPSA) is 55.2 Å². The Morgan fingerprint density at radius 3 is 2.79 bits per heavy atom. The smallest absolute Gasteiger partial charge is 0.244 e. The molecule has 5 nitrogen and oxygen atoms in total. The van der Waals surface area contributed by atoms with E-state index in [0.29, 0.717) is 0 Å². The summed E-state index contributed by atoms with van der Waals surface area (Å²) in [6, 6.07) is 1.60. The molecular formula is C11H14ClN3O2S2. The maximum absolute atomic E-state index is 12.4. The third-order valence-corrected chi connectivity index (χ3v) is 5.47. The van der Waals surface area contributed by atoms with Crippen LogP contribution in [0.2, 0.25) is 0 Å². The first-order valence-corrected chi connectivity index (χ1v) is 8.41. The molecule has 0 unspecified atom stereocenters. The summed E-state index contributed by atoms with van der Waals surface area (Å²) >= 11 is 7.20. The third kappa shape index (κ3) is 3.00. The van der Waals surface area contributed by atoms with Crippen LogP contribution in [0.3, 0.4) is 0 Å². The molecule has 0 spiro atoms. The van der Waals surface area contributed by atoms with Crippen LogP contribution in [-0.4, -0.2) is 29.3 Å². The van der Waals surface area contributed by atoms with Crippen LogP contribution in [-0.2, 0) is 29.5 Å². The number of hydrogen-bond donors (Lipinski definition) is 0. The van der Waals surface area contributed by atoms with Crippen molar-refractivity contribution in [2.45, 2.75) is 17.3 Å². The van der Waals surface area contributed by atoms with Gasteiger partial charge in [-0.1, -0.05) is 0 Å². The molecule has 2 aromatic rings. The molecule has 0 aliphatic heterocycles. The van der Waals surface area contributed by atoms with Crippen molar-refractivity contribution in [3.05, 3.63) is 34.5 Å². The number of aromatic nitrogens is 2. The van der Waals surface area contributed by atoms with Crippen LogP contribution in [0, 0.1) is 0 Å². The minimum atomic E-state index is -3.51. The molecule has 8 heteroatoms. The summed E-state index contributed by atoms with van der Waals surface area (Å²) in [6.07, 6.45) is 1.57. The minimum absolute atomic E-state index is 0.253. The van der Waals surface area contributed by atoms with Crippen molar-refractivity contribution in [2.75, 3.05) is 7.05 Å². The predicted octanol–water partition coefficient (Wildman–Crippen LogP) is 2.04. The monoisotopic (exact) mass is 319 g/mol. The van der Waals surface area contributed by atoms with E-state index in [1.54, 1.807) is 36.4 Å². The minimum Gasteiger partial charge on any atom is -0.352 e. The Morgan fingerprint density at radius 2 is 2.26 bits per heavy atom. The lowest BCUT2D eigenvalue weighted by atomic mass is 10.5. The van der Waals surface area contributed by atoms with Gasteiger partial charge >= 0.3 is 0 Å². The quantitative estimate of drug-likeness (QED) is 0.792. The fourth-order valence-electron chi connectivity index (χ4n) is 1.66. The molecule has 0 N–H and O–H groups in total. The van der Waals surface area contributed by atoms with Gasteiger partial charge in [0.2, 0.25) is 10.0 Å². The van der Waals surface area contributed by atoms with E-state index in [9.17, 15) is 8.42 Å². The average Bonchev–Trinajstić information content (AvgIpc) is 2.98. The van der Waals surface area contributed by atoms with Crippen LogP contribution in [0.15, 0.2) is 28.0 Å². The number of halogens is 1. The highest BCUT2D eigenvalue weighted by molar-refractivity contribution is 7.89. The lowest BCUT2D eigenvalue weighted by molar-refractivity contribution is 0.463. The van der Waals surface area contributed by atoms with Crippen LogP contribution in [0.4, 0.5) is 0 Å². The van der Waals surface area contributed by atoms with Gasteiger partial charge in [0.05, 0.1) is 23.6 Å². The Labute approximate surface area is 121 Å². The standard InChI is InChI=1S/C11H14ClN3O2S2/c1-14-6-11(3-10(14)4-12)19(16,17)15(2)5-9-7-18-8-13-9/h3,6-8H,4-5H2,1-2H3. The number of hydrogen-bond acceptors (Lipinski definition) is 4. The summed E-state index contributed by atoms with van der Waals surface area (Å²) in [6.45, 7) is 0.261. The van der Waals surface area contributed by atoms with E-state index in [-0.39, 0.29) is 17.3 Å². The van der Waals surface area contributed by atoms with E-state index < -0.39 is 10.0 Å². The largest absolute Gasteiger partial charge is 0.352 e. The van der Waals surface area contributed by atoms with E-state index in [4.69, 9.17) is 11.6 Å². The molecule has 0 amide bonds. The van der Waals surface area contributed by atoms with Crippen LogP contribution < -0.4 is 0 Å². The number of thiazole rings is 1. The van der Waals surface area contributed by atoms with E-state index >= 15 is 0 Å². The molecule has 0 aliphatic rings. The van der Waals surface area contributed by atoms with Gasteiger partial charge in [-0.05, 0) is 6.07 Å². The Morgan fingerprint density at radius 1 is 1.53 bits per heavy atom. The van der Waals surface area contributed by atoms with E-state index in [2.05, 4.69) is 4.98 Å². The predicted molar refractivity (Wildman–Crippen MR) is 75.7 cm³/mol. The molecule has 0 aliphatic carbocycles. The van der Waals surface area contributed by atoms with Crippen molar-refractivity contribution in [1.82, 2.24) is 13.9 Å². The summed E-state index contributed by atoms with van der Waals surface area (Å²) in [5, 5.41) is 1.83. The van der Waals surface area contributed by atoms with Gasteiger partial charge in [-0.25, -0.2) is 13.4 Å². The second-order valence-electron chi connectivity index (χ2n) is 4.15. The number of aryl methyl sites for hydroxylation is 1. The summed E-state index contributed by atoms with van der Waals surface area (Å²) < 4.78 is 27.8. The van der Waals surface area contributed by atoms with Crippen molar-refractivity contribution < 1.29 is 8.42 Å². The molecule has 0 fully saturated rings. The molecule has 19 heavy (non-hydrogen) atoms. The first kappa shape index (κ1) is 14.5. The second-order valence-corrected chi connectivity index (χ2v) is 7.18. The van der Waals surface area contributed by atoms with Crippen molar-refractivity contribution >= 4 is 33.0 Å². The van der Waals surface area contributed by atoms with Gasteiger partial charge in [0, 0.05) is 31.4 Å². The molecule has 104 valence electrons. The highest BCUT2D eigenvalue weighted by atomic mass is 35.5. The van der Waals surface area contributed by atoms with Crippen LogP contribution >= 0.6 is 22.9 Å². The number of rotatable bonds is 5. The van der Waals surface area contributed by atoms with Gasteiger partial charge in [0.25, 0.3) is 0 Å².